The van der Waals surface area contributed by atoms with Crippen molar-refractivity contribution in [2.24, 2.45) is 11.8 Å². The molecule has 0 aromatic heterocycles. The van der Waals surface area contributed by atoms with Gasteiger partial charge in [0.2, 0.25) is 0 Å². The van der Waals surface area contributed by atoms with E-state index in [0.29, 0.717) is 51.7 Å². The largest absolute Gasteiger partial charge is 0.466 e. The number of allylic oxidation sites excluding steroid dienone is 2. The number of carbonyl (C=O) groups excluding carboxylic acids is 1. The molecule has 0 amide bonds. The number of rotatable bonds is 16. The summed E-state index contributed by atoms with van der Waals surface area (Å²) in [4.78, 5) is 11.9. The van der Waals surface area contributed by atoms with Crippen molar-refractivity contribution in [1.29, 1.82) is 0 Å². The molecule has 0 radical (unpaired) electrons. The van der Waals surface area contributed by atoms with E-state index < -0.39 is 18.3 Å². The van der Waals surface area contributed by atoms with Crippen LogP contribution >= 0.6 is 0 Å². The first-order valence-electron chi connectivity index (χ1n) is 13.4. The lowest BCUT2D eigenvalue weighted by molar-refractivity contribution is -0.145. The van der Waals surface area contributed by atoms with E-state index in [-0.39, 0.29) is 23.4 Å². The highest BCUT2D eigenvalue weighted by molar-refractivity contribution is 5.69. The van der Waals surface area contributed by atoms with Gasteiger partial charge in [-0.1, -0.05) is 54.6 Å². The Kier molecular flexibility index (Phi) is 13.4. The van der Waals surface area contributed by atoms with Gasteiger partial charge >= 0.3 is 5.97 Å². The predicted octanol–water partition coefficient (Wildman–Crippen LogP) is 4.76. The molecule has 6 heteroatoms. The molecule has 0 spiro atoms. The van der Waals surface area contributed by atoms with Crippen LogP contribution in [0, 0.1) is 11.8 Å². The molecule has 3 N–H and O–H groups in total. The van der Waals surface area contributed by atoms with Gasteiger partial charge in [0.25, 0.3) is 0 Å². The Morgan fingerprint density at radius 3 is 2.64 bits per heavy atom. The Labute approximate surface area is 217 Å². The molecular weight excluding hydrogens is 456 g/mol. The van der Waals surface area contributed by atoms with E-state index in [1.165, 1.54) is 5.56 Å². The van der Waals surface area contributed by atoms with Crippen molar-refractivity contribution in [3.8, 4) is 0 Å². The summed E-state index contributed by atoms with van der Waals surface area (Å²) in [6.45, 7) is 6.93. The molecule has 5 atom stereocenters. The van der Waals surface area contributed by atoms with Gasteiger partial charge in [0, 0.05) is 31.8 Å². The number of carbonyl (C=O) groups is 1. The van der Waals surface area contributed by atoms with Crippen LogP contribution in [0.25, 0.3) is 0 Å². The number of esters is 1. The van der Waals surface area contributed by atoms with Crippen molar-refractivity contribution in [1.82, 2.24) is 0 Å². The Morgan fingerprint density at radius 1 is 1.17 bits per heavy atom. The summed E-state index contributed by atoms with van der Waals surface area (Å²) in [5, 5.41) is 31.2. The second-order valence-corrected chi connectivity index (χ2v) is 10.4. The lowest BCUT2D eigenvalue weighted by Gasteiger charge is -2.24. The maximum atomic E-state index is 11.9. The second kappa shape index (κ2) is 16.0. The van der Waals surface area contributed by atoms with Gasteiger partial charge in [-0.15, -0.1) is 0 Å². The fourth-order valence-electron chi connectivity index (χ4n) is 4.70. The highest BCUT2D eigenvalue weighted by atomic mass is 16.5. The number of aliphatic hydroxyl groups excluding tert-OH is 3. The second-order valence-electron chi connectivity index (χ2n) is 10.4. The fraction of sp³-hybridized carbons (Fsp3) is 0.633. The molecule has 1 saturated carbocycles. The van der Waals surface area contributed by atoms with Crippen molar-refractivity contribution >= 4 is 5.97 Å². The minimum atomic E-state index is -0.613. The lowest BCUT2D eigenvalue weighted by atomic mass is 9.89. The topological polar surface area (TPSA) is 96.2 Å². The normalized spacial score (nSPS) is 23.5. The molecule has 1 aliphatic rings. The Morgan fingerprint density at radius 2 is 1.92 bits per heavy atom. The minimum absolute atomic E-state index is 0.0903. The van der Waals surface area contributed by atoms with Gasteiger partial charge in [-0.2, -0.15) is 0 Å². The van der Waals surface area contributed by atoms with Gasteiger partial charge in [0.15, 0.2) is 0 Å². The van der Waals surface area contributed by atoms with Gasteiger partial charge in [-0.25, -0.2) is 0 Å². The summed E-state index contributed by atoms with van der Waals surface area (Å²) in [7, 11) is 0. The maximum Gasteiger partial charge on any atom is 0.305 e. The third kappa shape index (κ3) is 11.4. The zero-order valence-electron chi connectivity index (χ0n) is 22.2. The van der Waals surface area contributed by atoms with Crippen molar-refractivity contribution in [3.63, 3.8) is 0 Å². The molecule has 1 aromatic carbocycles. The van der Waals surface area contributed by atoms with Crippen molar-refractivity contribution < 1.29 is 29.6 Å². The number of benzene rings is 1. The minimum Gasteiger partial charge on any atom is -0.466 e. The smallest absolute Gasteiger partial charge is 0.305 e. The number of aryl methyl sites for hydroxylation is 1. The first kappa shape index (κ1) is 30.2. The van der Waals surface area contributed by atoms with Crippen LogP contribution in [0.3, 0.4) is 0 Å². The number of hydrogen-bond acceptors (Lipinski definition) is 6. The predicted molar refractivity (Wildman–Crippen MR) is 142 cm³/mol. The van der Waals surface area contributed by atoms with E-state index >= 15 is 0 Å². The molecule has 0 heterocycles. The van der Waals surface area contributed by atoms with Crippen LogP contribution in [-0.4, -0.2) is 58.4 Å². The van der Waals surface area contributed by atoms with E-state index in [1.807, 2.05) is 69.3 Å². The van der Waals surface area contributed by atoms with Crippen LogP contribution in [0.4, 0.5) is 0 Å². The summed E-state index contributed by atoms with van der Waals surface area (Å²) in [5.74, 6) is -0.472. The van der Waals surface area contributed by atoms with Crippen LogP contribution in [0.2, 0.25) is 0 Å². The molecule has 0 bridgehead atoms. The fourth-order valence-corrected chi connectivity index (χ4v) is 4.70. The van der Waals surface area contributed by atoms with Crippen molar-refractivity contribution in [3.05, 3.63) is 60.2 Å². The monoisotopic (exact) mass is 502 g/mol. The van der Waals surface area contributed by atoms with Crippen LogP contribution in [0.1, 0.15) is 71.3 Å². The van der Waals surface area contributed by atoms with E-state index in [4.69, 9.17) is 9.47 Å². The van der Waals surface area contributed by atoms with Gasteiger partial charge in [-0.05, 0) is 64.4 Å². The zero-order valence-corrected chi connectivity index (χ0v) is 22.2. The standard InChI is InChI=1S/C30H46O6/c1-4-36-30(2,3)20-21-35-29(34)15-11-6-5-10-14-25-26(28(33)22-27(25)32)19-18-24(31)17-16-23-12-8-7-9-13-23/h5,7-10,12-13,18-19,24-28,31-33H,4,6,11,14-17,20-22H2,1-3H3/b10-5-,19-18+/t24-,25+,26+,27-,28+/m0/s1. The van der Waals surface area contributed by atoms with Gasteiger partial charge in [0.1, 0.15) is 0 Å². The Balaban J connectivity index is 1.68. The number of aliphatic hydroxyl groups is 3. The van der Waals surface area contributed by atoms with Crippen molar-refractivity contribution in [2.75, 3.05) is 13.2 Å². The lowest BCUT2D eigenvalue weighted by Crippen LogP contribution is -2.26. The van der Waals surface area contributed by atoms with Gasteiger partial charge in [0.05, 0.1) is 30.5 Å². The van der Waals surface area contributed by atoms with Crippen molar-refractivity contribution in [2.45, 2.75) is 96.1 Å². The molecule has 0 unspecified atom stereocenters. The summed E-state index contributed by atoms with van der Waals surface area (Å²) in [6.07, 6.45) is 10.8. The van der Waals surface area contributed by atoms with E-state index in [0.717, 1.165) is 12.8 Å². The van der Waals surface area contributed by atoms with Crippen LogP contribution < -0.4 is 0 Å². The number of unbranched alkanes of at least 4 members (excludes halogenated alkanes) is 1. The highest BCUT2D eigenvalue weighted by Gasteiger charge is 2.39. The molecule has 1 aliphatic carbocycles. The zero-order chi connectivity index (χ0) is 26.4. The molecule has 202 valence electrons. The summed E-state index contributed by atoms with van der Waals surface area (Å²) in [6, 6.07) is 10.0. The third-order valence-corrected chi connectivity index (χ3v) is 6.87. The van der Waals surface area contributed by atoms with Crippen LogP contribution in [-0.2, 0) is 20.7 Å². The molecule has 36 heavy (non-hydrogen) atoms. The van der Waals surface area contributed by atoms with Crippen LogP contribution in [0.5, 0.6) is 0 Å². The first-order chi connectivity index (χ1) is 17.2. The Bertz CT molecular complexity index is 803. The van der Waals surface area contributed by atoms with E-state index in [2.05, 4.69) is 0 Å². The molecular formula is C30H46O6. The van der Waals surface area contributed by atoms with Gasteiger partial charge in [-0.3, -0.25) is 4.79 Å². The third-order valence-electron chi connectivity index (χ3n) is 6.87. The summed E-state index contributed by atoms with van der Waals surface area (Å²) < 4.78 is 10.9. The molecule has 6 nitrogen and oxygen atoms in total. The molecule has 1 aromatic rings. The molecule has 0 saturated heterocycles. The maximum absolute atomic E-state index is 11.9. The van der Waals surface area contributed by atoms with Gasteiger partial charge < -0.3 is 24.8 Å². The average Bonchev–Trinajstić information content (AvgIpc) is 3.10. The SMILES string of the molecule is CCOC(C)(C)CCOC(=O)CCC/C=C\C[C@@H]1[C@@H](/C=C/[C@@H](O)CCc2ccccc2)[C@H](O)C[C@@H]1O. The first-order valence-corrected chi connectivity index (χ1v) is 13.4. The Hall–Kier alpha value is -1.99. The molecule has 0 aliphatic heterocycles. The van der Waals surface area contributed by atoms with E-state index in [9.17, 15) is 20.1 Å². The number of ether oxygens (including phenoxy) is 2. The average molecular weight is 503 g/mol. The summed E-state index contributed by atoms with van der Waals surface area (Å²) in [5.41, 5.74) is 0.895. The quantitative estimate of drug-likeness (QED) is 0.171. The van der Waals surface area contributed by atoms with Crippen LogP contribution in [0.15, 0.2) is 54.6 Å². The van der Waals surface area contributed by atoms with E-state index in [1.54, 1.807) is 6.08 Å². The molecule has 2 rings (SSSR count). The highest BCUT2D eigenvalue weighted by Crippen LogP contribution is 2.36. The number of hydrogen-bond donors (Lipinski definition) is 3. The summed E-state index contributed by atoms with van der Waals surface area (Å²) >= 11 is 0. The molecule has 1 fully saturated rings.